The Balaban J connectivity index is 1.62. The molecule has 0 spiro atoms. The Morgan fingerprint density at radius 3 is 2.40 bits per heavy atom. The van der Waals surface area contributed by atoms with Gasteiger partial charge in [-0.3, -0.25) is 9.59 Å². The molecule has 1 unspecified atom stereocenters. The van der Waals surface area contributed by atoms with Crippen molar-refractivity contribution in [3.05, 3.63) is 78.0 Å². The minimum Gasteiger partial charge on any atom is -0.449 e. The highest BCUT2D eigenvalue weighted by Gasteiger charge is 2.24. The molecule has 8 nitrogen and oxygen atoms in total. The number of aromatic nitrogens is 3. The number of carbonyl (C=O) groups excluding carboxylic acids is 3. The molecule has 0 saturated carbocycles. The van der Waals surface area contributed by atoms with Crippen molar-refractivity contribution in [2.75, 3.05) is 5.32 Å². The van der Waals surface area contributed by atoms with Gasteiger partial charge in [-0.05, 0) is 45.9 Å². The van der Waals surface area contributed by atoms with Crippen molar-refractivity contribution in [3.8, 4) is 11.3 Å². The summed E-state index contributed by atoms with van der Waals surface area (Å²) in [6, 6.07) is 17.8. The number of benzene rings is 2. The molecule has 0 aliphatic rings. The molecule has 0 saturated heterocycles. The number of ether oxygens (including phenoxy) is 1. The van der Waals surface area contributed by atoms with E-state index in [-0.39, 0.29) is 17.4 Å². The van der Waals surface area contributed by atoms with Gasteiger partial charge >= 0.3 is 5.97 Å². The Labute approximate surface area is 202 Å². The van der Waals surface area contributed by atoms with E-state index in [1.165, 1.54) is 13.8 Å². The van der Waals surface area contributed by atoms with Crippen molar-refractivity contribution < 1.29 is 19.1 Å². The number of pyridine rings is 1. The molecule has 0 radical (unpaired) electrons. The van der Waals surface area contributed by atoms with Crippen LogP contribution >= 0.6 is 0 Å². The number of rotatable bonds is 7. The smallest absolute Gasteiger partial charge is 0.339 e. The second-order valence-electron chi connectivity index (χ2n) is 8.52. The molecule has 2 heterocycles. The van der Waals surface area contributed by atoms with E-state index >= 15 is 0 Å². The van der Waals surface area contributed by atoms with Crippen LogP contribution in [0.1, 0.15) is 54.5 Å². The second-order valence-corrected chi connectivity index (χ2v) is 8.52. The van der Waals surface area contributed by atoms with Gasteiger partial charge in [-0.25, -0.2) is 14.5 Å². The zero-order valence-electron chi connectivity index (χ0n) is 20.0. The van der Waals surface area contributed by atoms with Crippen LogP contribution in [0.3, 0.4) is 0 Å². The van der Waals surface area contributed by atoms with E-state index in [1.807, 2.05) is 44.2 Å². The molecule has 1 amide bonds. The molecule has 0 bridgehead atoms. The van der Waals surface area contributed by atoms with E-state index in [2.05, 4.69) is 10.4 Å². The molecular formula is C27H26N4O4. The number of fused-ring (bicyclic) bond motifs is 1. The van der Waals surface area contributed by atoms with E-state index in [0.29, 0.717) is 28.0 Å². The number of nitrogens with one attached hydrogen (secondary N) is 1. The Kier molecular flexibility index (Phi) is 6.73. The van der Waals surface area contributed by atoms with Crippen LogP contribution in [0.2, 0.25) is 0 Å². The van der Waals surface area contributed by atoms with E-state index in [4.69, 9.17) is 9.72 Å². The third kappa shape index (κ3) is 5.11. The van der Waals surface area contributed by atoms with Crippen LogP contribution in [0, 0.1) is 0 Å². The standard InChI is InChI=1S/C27H26N4O4/c1-16(2)31-25-23(15-28-31)22(14-24(30-25)19-9-6-5-7-10-19)27(34)35-18(4)26(33)29-21-12-8-11-20(13-21)17(3)32/h5-16,18H,1-4H3,(H,29,33). The highest BCUT2D eigenvalue weighted by atomic mass is 16.5. The molecule has 2 aromatic heterocycles. The van der Waals surface area contributed by atoms with Gasteiger partial charge in [-0.1, -0.05) is 42.5 Å². The maximum absolute atomic E-state index is 13.2. The summed E-state index contributed by atoms with van der Waals surface area (Å²) >= 11 is 0. The molecule has 0 fully saturated rings. The first kappa shape index (κ1) is 23.8. The van der Waals surface area contributed by atoms with Gasteiger partial charge in [0.15, 0.2) is 17.5 Å². The highest BCUT2D eigenvalue weighted by molar-refractivity contribution is 6.05. The Morgan fingerprint density at radius 1 is 0.971 bits per heavy atom. The second kappa shape index (κ2) is 9.89. The average Bonchev–Trinajstić information content (AvgIpc) is 3.28. The topological polar surface area (TPSA) is 103 Å². The predicted octanol–water partition coefficient (Wildman–Crippen LogP) is 5.07. The molecule has 178 valence electrons. The van der Waals surface area contributed by atoms with Crippen LogP contribution in [0.4, 0.5) is 5.69 Å². The summed E-state index contributed by atoms with van der Waals surface area (Å²) < 4.78 is 7.28. The fourth-order valence-corrected chi connectivity index (χ4v) is 3.66. The summed E-state index contributed by atoms with van der Waals surface area (Å²) in [6.07, 6.45) is 0.512. The molecule has 35 heavy (non-hydrogen) atoms. The van der Waals surface area contributed by atoms with Gasteiger partial charge in [-0.15, -0.1) is 0 Å². The lowest BCUT2D eigenvalue weighted by molar-refractivity contribution is -0.123. The molecule has 2 aromatic carbocycles. The van der Waals surface area contributed by atoms with Gasteiger partial charge in [-0.2, -0.15) is 5.10 Å². The molecular weight excluding hydrogens is 444 g/mol. The highest BCUT2D eigenvalue weighted by Crippen LogP contribution is 2.27. The van der Waals surface area contributed by atoms with Crippen LogP contribution in [-0.4, -0.2) is 38.5 Å². The Bertz CT molecular complexity index is 1410. The lowest BCUT2D eigenvalue weighted by atomic mass is 10.1. The van der Waals surface area contributed by atoms with Crippen LogP contribution < -0.4 is 5.32 Å². The summed E-state index contributed by atoms with van der Waals surface area (Å²) in [5.41, 5.74) is 3.20. The Hall–Kier alpha value is -4.33. The van der Waals surface area contributed by atoms with Gasteiger partial charge < -0.3 is 10.1 Å². The SMILES string of the molecule is CC(=O)c1cccc(NC(=O)C(C)OC(=O)c2cc(-c3ccccc3)nc3c2cnn3C(C)C)c1. The molecule has 1 atom stereocenters. The lowest BCUT2D eigenvalue weighted by Gasteiger charge is -2.15. The monoisotopic (exact) mass is 470 g/mol. The first-order valence-electron chi connectivity index (χ1n) is 11.3. The number of Topliss-reactive ketones (excluding diaryl/α,β-unsaturated/α-hetero) is 1. The van der Waals surface area contributed by atoms with Crippen LogP contribution in [-0.2, 0) is 9.53 Å². The summed E-state index contributed by atoms with van der Waals surface area (Å²) in [5.74, 6) is -1.28. The number of ketones is 1. The number of nitrogens with zero attached hydrogens (tertiary/aromatic N) is 3. The van der Waals surface area contributed by atoms with Gasteiger partial charge in [0.1, 0.15) is 0 Å². The van der Waals surface area contributed by atoms with Gasteiger partial charge in [0.2, 0.25) is 0 Å². The van der Waals surface area contributed by atoms with Gasteiger partial charge in [0.05, 0.1) is 22.8 Å². The van der Waals surface area contributed by atoms with Crippen molar-refractivity contribution in [2.24, 2.45) is 0 Å². The lowest BCUT2D eigenvalue weighted by Crippen LogP contribution is -2.30. The predicted molar refractivity (Wildman–Crippen MR) is 133 cm³/mol. The average molecular weight is 471 g/mol. The maximum atomic E-state index is 13.2. The zero-order valence-corrected chi connectivity index (χ0v) is 20.0. The van der Waals surface area contributed by atoms with E-state index < -0.39 is 18.0 Å². The number of carbonyl (C=O) groups is 3. The minimum atomic E-state index is -1.08. The summed E-state index contributed by atoms with van der Waals surface area (Å²) in [4.78, 5) is 42.3. The third-order valence-electron chi connectivity index (χ3n) is 5.54. The number of hydrogen-bond donors (Lipinski definition) is 1. The fraction of sp³-hybridized carbons (Fsp3) is 0.222. The normalized spacial score (nSPS) is 11.9. The molecule has 4 rings (SSSR count). The maximum Gasteiger partial charge on any atom is 0.339 e. The molecule has 0 aliphatic heterocycles. The zero-order chi connectivity index (χ0) is 25.1. The van der Waals surface area contributed by atoms with Crippen LogP contribution in [0.5, 0.6) is 0 Å². The largest absolute Gasteiger partial charge is 0.449 e. The van der Waals surface area contributed by atoms with E-state index in [9.17, 15) is 14.4 Å². The van der Waals surface area contributed by atoms with Gasteiger partial charge in [0, 0.05) is 22.9 Å². The first-order chi connectivity index (χ1) is 16.7. The van der Waals surface area contributed by atoms with Crippen molar-refractivity contribution in [2.45, 2.75) is 39.8 Å². The number of anilines is 1. The van der Waals surface area contributed by atoms with Crippen molar-refractivity contribution in [1.82, 2.24) is 14.8 Å². The first-order valence-corrected chi connectivity index (χ1v) is 11.3. The quantitative estimate of drug-likeness (QED) is 0.299. The molecule has 0 aliphatic carbocycles. The van der Waals surface area contributed by atoms with E-state index in [0.717, 1.165) is 5.56 Å². The van der Waals surface area contributed by atoms with Crippen molar-refractivity contribution in [3.63, 3.8) is 0 Å². The molecule has 1 N–H and O–H groups in total. The number of hydrogen-bond acceptors (Lipinski definition) is 6. The number of esters is 1. The number of amides is 1. The van der Waals surface area contributed by atoms with E-state index in [1.54, 1.807) is 41.2 Å². The summed E-state index contributed by atoms with van der Waals surface area (Å²) in [5, 5.41) is 7.64. The minimum absolute atomic E-state index is 0.0327. The Morgan fingerprint density at radius 2 is 1.71 bits per heavy atom. The molecule has 4 aromatic rings. The van der Waals surface area contributed by atoms with Gasteiger partial charge in [0.25, 0.3) is 5.91 Å². The summed E-state index contributed by atoms with van der Waals surface area (Å²) in [7, 11) is 0. The van der Waals surface area contributed by atoms with Crippen LogP contribution in [0.25, 0.3) is 22.3 Å². The summed E-state index contributed by atoms with van der Waals surface area (Å²) in [6.45, 7) is 6.91. The third-order valence-corrected chi connectivity index (χ3v) is 5.54. The molecule has 8 heteroatoms. The fourth-order valence-electron chi connectivity index (χ4n) is 3.66. The van der Waals surface area contributed by atoms with Crippen molar-refractivity contribution in [1.29, 1.82) is 0 Å². The van der Waals surface area contributed by atoms with Crippen molar-refractivity contribution >= 4 is 34.4 Å². The van der Waals surface area contributed by atoms with Crippen LogP contribution in [0.15, 0.2) is 66.9 Å².